The van der Waals surface area contributed by atoms with Gasteiger partial charge in [-0.1, -0.05) is 42.2 Å². The lowest BCUT2D eigenvalue weighted by atomic mass is 10.4. The first-order valence-corrected chi connectivity index (χ1v) is 4.95. The normalized spacial score (nSPS) is 12.5. The van der Waals surface area contributed by atoms with Gasteiger partial charge in [-0.05, 0) is 19.1 Å². The molecule has 2 N–H and O–H groups in total. The molecule has 0 amide bonds. The minimum absolute atomic E-state index is 0.0230. The topological polar surface area (TPSA) is 26.0 Å². The smallest absolute Gasteiger partial charge is 0.0691 e. The lowest BCUT2D eigenvalue weighted by Crippen LogP contribution is -2.22. The van der Waals surface area contributed by atoms with Crippen molar-refractivity contribution in [2.45, 2.75) is 17.9 Å². The Bertz CT molecular complexity index is 256. The number of hydrogen-bond acceptors (Lipinski definition) is 3. The van der Waals surface area contributed by atoms with Crippen LogP contribution >= 0.6 is 24.0 Å². The highest BCUT2D eigenvalue weighted by atomic mass is 32.2. The number of benzene rings is 1. The van der Waals surface area contributed by atoms with Gasteiger partial charge in [0.1, 0.15) is 0 Å². The molecule has 1 rings (SSSR count). The molecule has 64 valence electrons. The molecule has 1 unspecified atom stereocenters. The van der Waals surface area contributed by atoms with Crippen LogP contribution in [0, 0.1) is 0 Å². The molecule has 0 saturated carbocycles. The standard InChI is InChI=1S/C9H11NS2/c1-7(10)9(11)12-8-5-3-2-4-6-8/h2-7H,10H2,1H3. The number of rotatable bonds is 2. The summed E-state index contributed by atoms with van der Waals surface area (Å²) in [6.45, 7) is 1.90. The SMILES string of the molecule is CC(N)C(=S)Sc1ccccc1. The fourth-order valence-corrected chi connectivity index (χ4v) is 1.70. The minimum atomic E-state index is -0.0230. The summed E-state index contributed by atoms with van der Waals surface area (Å²) in [6, 6.07) is 10.0. The van der Waals surface area contributed by atoms with Gasteiger partial charge in [-0.2, -0.15) is 0 Å². The predicted octanol–water partition coefficient (Wildman–Crippen LogP) is 2.45. The summed E-state index contributed by atoms with van der Waals surface area (Å²) in [6.07, 6.45) is 0. The molecule has 0 heterocycles. The number of thiocarbonyl (C=S) groups is 1. The minimum Gasteiger partial charge on any atom is -0.323 e. The Morgan fingerprint density at radius 3 is 2.50 bits per heavy atom. The first-order chi connectivity index (χ1) is 5.70. The fraction of sp³-hybridized carbons (Fsp3) is 0.222. The molecule has 1 nitrogen and oxygen atoms in total. The van der Waals surface area contributed by atoms with E-state index in [1.165, 1.54) is 0 Å². The van der Waals surface area contributed by atoms with Gasteiger partial charge in [0.25, 0.3) is 0 Å². The Morgan fingerprint density at radius 2 is 2.00 bits per heavy atom. The van der Waals surface area contributed by atoms with Gasteiger partial charge >= 0.3 is 0 Å². The molecule has 0 aliphatic heterocycles. The van der Waals surface area contributed by atoms with Gasteiger partial charge in [-0.3, -0.25) is 0 Å². The number of thioether (sulfide) groups is 1. The summed E-state index contributed by atoms with van der Waals surface area (Å²) < 4.78 is 0.834. The Hall–Kier alpha value is -0.380. The molecule has 0 saturated heterocycles. The van der Waals surface area contributed by atoms with Crippen LogP contribution in [-0.4, -0.2) is 10.2 Å². The first kappa shape index (κ1) is 9.71. The largest absolute Gasteiger partial charge is 0.323 e. The molecule has 0 radical (unpaired) electrons. The Morgan fingerprint density at radius 1 is 1.42 bits per heavy atom. The van der Waals surface area contributed by atoms with Gasteiger partial charge in [-0.15, -0.1) is 0 Å². The molecule has 3 heteroatoms. The van der Waals surface area contributed by atoms with Crippen LogP contribution < -0.4 is 5.73 Å². The highest BCUT2D eigenvalue weighted by Crippen LogP contribution is 2.19. The molecule has 0 fully saturated rings. The lowest BCUT2D eigenvalue weighted by Gasteiger charge is -2.05. The van der Waals surface area contributed by atoms with Crippen molar-refractivity contribution in [3.8, 4) is 0 Å². The second kappa shape index (κ2) is 4.60. The van der Waals surface area contributed by atoms with E-state index in [1.807, 2.05) is 37.3 Å². The van der Waals surface area contributed by atoms with E-state index < -0.39 is 0 Å². The maximum Gasteiger partial charge on any atom is 0.0691 e. The number of nitrogens with two attached hydrogens (primary N) is 1. The van der Waals surface area contributed by atoms with Crippen LogP contribution in [-0.2, 0) is 0 Å². The molecular formula is C9H11NS2. The van der Waals surface area contributed by atoms with Crippen molar-refractivity contribution in [1.82, 2.24) is 0 Å². The van der Waals surface area contributed by atoms with Crippen LogP contribution in [0.25, 0.3) is 0 Å². The summed E-state index contributed by atoms with van der Waals surface area (Å²) in [4.78, 5) is 1.15. The van der Waals surface area contributed by atoms with Gasteiger partial charge in [0.15, 0.2) is 0 Å². The monoisotopic (exact) mass is 197 g/mol. The van der Waals surface area contributed by atoms with Crippen LogP contribution in [0.1, 0.15) is 6.92 Å². The highest BCUT2D eigenvalue weighted by Gasteiger charge is 2.03. The Balaban J connectivity index is 2.59. The maximum absolute atomic E-state index is 5.62. The van der Waals surface area contributed by atoms with Crippen molar-refractivity contribution in [2.24, 2.45) is 5.73 Å². The summed E-state index contributed by atoms with van der Waals surface area (Å²) in [5, 5.41) is 0. The summed E-state index contributed by atoms with van der Waals surface area (Å²) in [5.74, 6) is 0. The Labute approximate surface area is 82.3 Å². The van der Waals surface area contributed by atoms with Crippen molar-refractivity contribution < 1.29 is 0 Å². The highest BCUT2D eigenvalue weighted by molar-refractivity contribution is 8.23. The van der Waals surface area contributed by atoms with Crippen molar-refractivity contribution in [3.63, 3.8) is 0 Å². The molecule has 1 atom stereocenters. The van der Waals surface area contributed by atoms with E-state index in [2.05, 4.69) is 0 Å². The van der Waals surface area contributed by atoms with Crippen molar-refractivity contribution in [2.75, 3.05) is 0 Å². The predicted molar refractivity (Wildman–Crippen MR) is 58.5 cm³/mol. The quantitative estimate of drug-likeness (QED) is 0.582. The van der Waals surface area contributed by atoms with Crippen molar-refractivity contribution in [3.05, 3.63) is 30.3 Å². The second-order valence-electron chi connectivity index (χ2n) is 2.52. The molecule has 1 aromatic carbocycles. The zero-order valence-corrected chi connectivity index (χ0v) is 8.49. The molecule has 0 aliphatic rings. The van der Waals surface area contributed by atoms with Crippen LogP contribution in [0.3, 0.4) is 0 Å². The van der Waals surface area contributed by atoms with Crippen molar-refractivity contribution >= 4 is 28.2 Å². The molecule has 0 aliphatic carbocycles. The first-order valence-electron chi connectivity index (χ1n) is 3.72. The summed E-state index contributed by atoms with van der Waals surface area (Å²) >= 11 is 6.66. The summed E-state index contributed by atoms with van der Waals surface area (Å²) in [7, 11) is 0. The van der Waals surface area contributed by atoms with Crippen LogP contribution in [0.15, 0.2) is 35.2 Å². The second-order valence-corrected chi connectivity index (χ2v) is 4.34. The van der Waals surface area contributed by atoms with Gasteiger partial charge in [-0.25, -0.2) is 0 Å². The molecule has 1 aromatic rings. The van der Waals surface area contributed by atoms with E-state index in [4.69, 9.17) is 18.0 Å². The zero-order chi connectivity index (χ0) is 8.97. The van der Waals surface area contributed by atoms with E-state index in [-0.39, 0.29) is 6.04 Å². The molecule has 0 bridgehead atoms. The van der Waals surface area contributed by atoms with Gasteiger partial charge < -0.3 is 5.73 Å². The van der Waals surface area contributed by atoms with E-state index in [0.717, 1.165) is 9.09 Å². The van der Waals surface area contributed by atoms with E-state index in [1.54, 1.807) is 11.8 Å². The van der Waals surface area contributed by atoms with Crippen LogP contribution in [0.2, 0.25) is 0 Å². The number of hydrogen-bond donors (Lipinski definition) is 1. The average molecular weight is 197 g/mol. The fourth-order valence-electron chi connectivity index (χ4n) is 0.698. The maximum atomic E-state index is 5.62. The van der Waals surface area contributed by atoms with Gasteiger partial charge in [0, 0.05) is 10.9 Å². The van der Waals surface area contributed by atoms with Crippen LogP contribution in [0.5, 0.6) is 0 Å². The zero-order valence-electron chi connectivity index (χ0n) is 6.86. The van der Waals surface area contributed by atoms with Gasteiger partial charge in [0.05, 0.1) is 4.20 Å². The third-order valence-corrected chi connectivity index (χ3v) is 3.04. The van der Waals surface area contributed by atoms with Gasteiger partial charge in [0.2, 0.25) is 0 Å². The van der Waals surface area contributed by atoms with E-state index >= 15 is 0 Å². The third kappa shape index (κ3) is 2.93. The Kier molecular flexibility index (Phi) is 3.72. The molecular weight excluding hydrogens is 186 g/mol. The van der Waals surface area contributed by atoms with E-state index in [0.29, 0.717) is 0 Å². The molecule has 12 heavy (non-hydrogen) atoms. The van der Waals surface area contributed by atoms with Crippen molar-refractivity contribution in [1.29, 1.82) is 0 Å². The van der Waals surface area contributed by atoms with Crippen LogP contribution in [0.4, 0.5) is 0 Å². The third-order valence-electron chi connectivity index (χ3n) is 1.33. The summed E-state index contributed by atoms with van der Waals surface area (Å²) in [5.41, 5.74) is 5.62. The molecule has 0 spiro atoms. The lowest BCUT2D eigenvalue weighted by molar-refractivity contribution is 1.00. The average Bonchev–Trinajstić information content (AvgIpc) is 2.06. The van der Waals surface area contributed by atoms with E-state index in [9.17, 15) is 0 Å². The molecule has 0 aromatic heterocycles.